The van der Waals surface area contributed by atoms with E-state index in [0.717, 1.165) is 42.4 Å². The summed E-state index contributed by atoms with van der Waals surface area (Å²) in [6, 6.07) is 11.3. The molecule has 1 fully saturated rings. The summed E-state index contributed by atoms with van der Waals surface area (Å²) < 4.78 is 10.8. The summed E-state index contributed by atoms with van der Waals surface area (Å²) in [7, 11) is 1.58. The Morgan fingerprint density at radius 2 is 1.97 bits per heavy atom. The van der Waals surface area contributed by atoms with Gasteiger partial charge in [0, 0.05) is 42.5 Å². The molecule has 0 spiro atoms. The minimum absolute atomic E-state index is 0.217. The molecule has 0 saturated carbocycles. The SMILES string of the molecule is CCNC(=O)Nc1ccc(-c2nc3c(c(N4CCOCC4C)n2)CCN(c2ccc(OC)nn2)C3)cc1. The highest BCUT2D eigenvalue weighted by atomic mass is 16.5. The molecule has 2 aliphatic heterocycles. The van der Waals surface area contributed by atoms with Crippen molar-refractivity contribution in [3.8, 4) is 17.3 Å². The van der Waals surface area contributed by atoms with Gasteiger partial charge in [-0.3, -0.25) is 0 Å². The highest BCUT2D eigenvalue weighted by Gasteiger charge is 2.29. The van der Waals surface area contributed by atoms with Crippen LogP contribution in [0, 0.1) is 0 Å². The number of methoxy groups -OCH3 is 1. The third-order valence-electron chi connectivity index (χ3n) is 6.58. The molecule has 3 aromatic rings. The normalized spacial score (nSPS) is 17.2. The van der Waals surface area contributed by atoms with E-state index in [4.69, 9.17) is 19.4 Å². The van der Waals surface area contributed by atoms with Crippen molar-refractivity contribution in [2.24, 2.45) is 0 Å². The van der Waals surface area contributed by atoms with Gasteiger partial charge in [-0.1, -0.05) is 0 Å². The fourth-order valence-corrected chi connectivity index (χ4v) is 4.64. The maximum Gasteiger partial charge on any atom is 0.319 e. The van der Waals surface area contributed by atoms with Crippen LogP contribution in [0.3, 0.4) is 0 Å². The fraction of sp³-hybridized carbons (Fsp3) is 0.423. The van der Waals surface area contributed by atoms with Gasteiger partial charge in [-0.2, -0.15) is 0 Å². The van der Waals surface area contributed by atoms with Crippen LogP contribution in [0.5, 0.6) is 5.88 Å². The zero-order chi connectivity index (χ0) is 25.8. The van der Waals surface area contributed by atoms with E-state index >= 15 is 0 Å². The number of morpholine rings is 1. The Morgan fingerprint density at radius 1 is 1.14 bits per heavy atom. The van der Waals surface area contributed by atoms with Gasteiger partial charge in [-0.15, -0.1) is 10.2 Å². The molecule has 1 aromatic carbocycles. The van der Waals surface area contributed by atoms with Crippen LogP contribution in [0.4, 0.5) is 22.1 Å². The maximum atomic E-state index is 11.9. The average Bonchev–Trinajstić information content (AvgIpc) is 2.93. The molecule has 194 valence electrons. The molecule has 5 rings (SSSR count). The van der Waals surface area contributed by atoms with Crippen LogP contribution in [-0.4, -0.2) is 72.2 Å². The van der Waals surface area contributed by atoms with Gasteiger partial charge < -0.3 is 29.9 Å². The lowest BCUT2D eigenvalue weighted by Gasteiger charge is -2.38. The number of carbonyl (C=O) groups excluding carboxylic acids is 1. The molecule has 4 heterocycles. The predicted octanol–water partition coefficient (Wildman–Crippen LogP) is 2.87. The van der Waals surface area contributed by atoms with Gasteiger partial charge in [-0.25, -0.2) is 14.8 Å². The highest BCUT2D eigenvalue weighted by Crippen LogP contribution is 2.33. The summed E-state index contributed by atoms with van der Waals surface area (Å²) in [4.78, 5) is 26.5. The Morgan fingerprint density at radius 3 is 2.68 bits per heavy atom. The molecule has 1 saturated heterocycles. The molecule has 2 N–H and O–H groups in total. The topological polar surface area (TPSA) is 118 Å². The second-order valence-electron chi connectivity index (χ2n) is 9.08. The van der Waals surface area contributed by atoms with Crippen LogP contribution in [-0.2, 0) is 17.7 Å². The first-order valence-electron chi connectivity index (χ1n) is 12.6. The molecule has 37 heavy (non-hydrogen) atoms. The van der Waals surface area contributed by atoms with Crippen molar-refractivity contribution in [3.05, 3.63) is 47.7 Å². The number of ether oxygens (including phenoxy) is 2. The quantitative estimate of drug-likeness (QED) is 0.522. The largest absolute Gasteiger partial charge is 0.480 e. The van der Waals surface area contributed by atoms with Crippen molar-refractivity contribution in [3.63, 3.8) is 0 Å². The van der Waals surface area contributed by atoms with E-state index in [1.807, 2.05) is 43.3 Å². The highest BCUT2D eigenvalue weighted by molar-refractivity contribution is 5.89. The van der Waals surface area contributed by atoms with Crippen molar-refractivity contribution in [2.45, 2.75) is 32.9 Å². The van der Waals surface area contributed by atoms with Crippen molar-refractivity contribution >= 4 is 23.4 Å². The Balaban J connectivity index is 1.48. The van der Waals surface area contributed by atoms with Crippen molar-refractivity contribution in [1.29, 1.82) is 0 Å². The fourth-order valence-electron chi connectivity index (χ4n) is 4.64. The molecular formula is C26H32N8O3. The second kappa shape index (κ2) is 11.0. The predicted molar refractivity (Wildman–Crippen MR) is 141 cm³/mol. The number of anilines is 3. The van der Waals surface area contributed by atoms with Crippen molar-refractivity contribution < 1.29 is 14.3 Å². The zero-order valence-corrected chi connectivity index (χ0v) is 21.4. The number of benzene rings is 1. The van der Waals surface area contributed by atoms with E-state index in [1.54, 1.807) is 7.11 Å². The minimum Gasteiger partial charge on any atom is -0.480 e. The number of rotatable bonds is 6. The lowest BCUT2D eigenvalue weighted by molar-refractivity contribution is 0.0984. The van der Waals surface area contributed by atoms with Gasteiger partial charge in [0.15, 0.2) is 11.6 Å². The summed E-state index contributed by atoms with van der Waals surface area (Å²) in [5, 5.41) is 14.0. The molecule has 2 aromatic heterocycles. The van der Waals surface area contributed by atoms with Gasteiger partial charge in [0.25, 0.3) is 0 Å². The van der Waals surface area contributed by atoms with E-state index in [0.29, 0.717) is 43.7 Å². The van der Waals surface area contributed by atoms with Crippen LogP contribution in [0.25, 0.3) is 11.4 Å². The van der Waals surface area contributed by atoms with Crippen molar-refractivity contribution in [2.75, 3.05) is 55.1 Å². The number of urea groups is 1. The van der Waals surface area contributed by atoms with E-state index in [1.165, 1.54) is 5.56 Å². The average molecular weight is 505 g/mol. The Bertz CT molecular complexity index is 1240. The van der Waals surface area contributed by atoms with Gasteiger partial charge in [0.05, 0.1) is 38.6 Å². The first-order valence-corrected chi connectivity index (χ1v) is 12.6. The summed E-state index contributed by atoms with van der Waals surface area (Å²) in [5.74, 6) is 2.90. The number of fused-ring (bicyclic) bond motifs is 1. The first kappa shape index (κ1) is 24.7. The number of aromatic nitrogens is 4. The standard InChI is InChI=1S/C26H32N8O3/c1-4-27-26(35)28-19-7-5-18(6-8-19)24-29-21-15-33(22-9-10-23(36-3)32-31-22)12-11-20(21)25(30-24)34-13-14-37-16-17(34)2/h5-10,17H,4,11-16H2,1-3H3,(H2,27,28,35). The summed E-state index contributed by atoms with van der Waals surface area (Å²) in [6.07, 6.45) is 0.804. The Labute approximate surface area is 216 Å². The second-order valence-corrected chi connectivity index (χ2v) is 9.08. The lowest BCUT2D eigenvalue weighted by atomic mass is 10.0. The van der Waals surface area contributed by atoms with Gasteiger partial charge >= 0.3 is 6.03 Å². The smallest absolute Gasteiger partial charge is 0.319 e. The molecule has 2 amide bonds. The number of carbonyl (C=O) groups is 1. The Kier molecular flexibility index (Phi) is 7.31. The van der Waals surface area contributed by atoms with Gasteiger partial charge in [-0.05, 0) is 50.6 Å². The molecule has 0 bridgehead atoms. The van der Waals surface area contributed by atoms with Crippen LogP contribution in [0.2, 0.25) is 0 Å². The number of amides is 2. The molecule has 0 radical (unpaired) electrons. The number of hydrogen-bond acceptors (Lipinski definition) is 9. The minimum atomic E-state index is -0.231. The third-order valence-corrected chi connectivity index (χ3v) is 6.58. The molecule has 11 nitrogen and oxygen atoms in total. The van der Waals surface area contributed by atoms with E-state index in [2.05, 4.69) is 37.6 Å². The van der Waals surface area contributed by atoms with Gasteiger partial charge in [0.1, 0.15) is 5.82 Å². The van der Waals surface area contributed by atoms with Crippen LogP contribution in [0.15, 0.2) is 36.4 Å². The van der Waals surface area contributed by atoms with Crippen molar-refractivity contribution in [1.82, 2.24) is 25.5 Å². The monoisotopic (exact) mass is 504 g/mol. The third kappa shape index (κ3) is 5.41. The number of nitrogens with zero attached hydrogens (tertiary/aromatic N) is 6. The number of nitrogens with one attached hydrogen (secondary N) is 2. The van der Waals surface area contributed by atoms with E-state index < -0.39 is 0 Å². The summed E-state index contributed by atoms with van der Waals surface area (Å²) >= 11 is 0. The maximum absolute atomic E-state index is 11.9. The summed E-state index contributed by atoms with van der Waals surface area (Å²) in [6.45, 7) is 8.13. The number of hydrogen-bond donors (Lipinski definition) is 2. The van der Waals surface area contributed by atoms with E-state index in [9.17, 15) is 4.79 Å². The molecule has 1 atom stereocenters. The summed E-state index contributed by atoms with van der Waals surface area (Å²) in [5.41, 5.74) is 3.74. The molecule has 0 aliphatic carbocycles. The van der Waals surface area contributed by atoms with Crippen LogP contribution in [0.1, 0.15) is 25.1 Å². The van der Waals surface area contributed by atoms with Crippen LogP contribution >= 0.6 is 0 Å². The molecule has 1 unspecified atom stereocenters. The zero-order valence-electron chi connectivity index (χ0n) is 21.4. The molecular weight excluding hydrogens is 472 g/mol. The molecule has 2 aliphatic rings. The van der Waals surface area contributed by atoms with E-state index in [-0.39, 0.29) is 12.1 Å². The lowest BCUT2D eigenvalue weighted by Crippen LogP contribution is -2.45. The first-order chi connectivity index (χ1) is 18.1. The van der Waals surface area contributed by atoms with Crippen LogP contribution < -0.4 is 25.2 Å². The van der Waals surface area contributed by atoms with Gasteiger partial charge in [0.2, 0.25) is 5.88 Å². The Hall–Kier alpha value is -3.99. The molecule has 11 heteroatoms.